The maximum absolute atomic E-state index is 13.4. The zero-order chi connectivity index (χ0) is 20.8. The molecular weight excluding hydrogens is 386 g/mol. The molecule has 2 aliphatic rings. The second kappa shape index (κ2) is 7.27. The molecule has 5 nitrogen and oxygen atoms in total. The van der Waals surface area contributed by atoms with E-state index in [0.29, 0.717) is 17.9 Å². The Morgan fingerprint density at radius 3 is 2.26 bits per heavy atom. The summed E-state index contributed by atoms with van der Waals surface area (Å²) in [4.78, 5) is 22.3. The quantitative estimate of drug-likeness (QED) is 0.492. The maximum atomic E-state index is 13.4. The van der Waals surface area contributed by atoms with Crippen LogP contribution in [0.25, 0.3) is 22.2 Å². The Bertz CT molecular complexity index is 1200. The van der Waals surface area contributed by atoms with Crippen LogP contribution >= 0.6 is 0 Å². The van der Waals surface area contributed by atoms with Crippen LogP contribution < -0.4 is 4.90 Å². The fourth-order valence-electron chi connectivity index (χ4n) is 5.02. The SMILES string of the molecule is O=C(c1ccccc1-c1ccccc1)N1CC2CN(c3nc4ccccc4o3)CC2C1. The number of anilines is 1. The molecule has 2 fully saturated rings. The highest BCUT2D eigenvalue weighted by molar-refractivity contribution is 6.01. The molecule has 0 aliphatic carbocycles. The minimum absolute atomic E-state index is 0.127. The fourth-order valence-corrected chi connectivity index (χ4v) is 5.02. The third-order valence-electron chi connectivity index (χ3n) is 6.57. The van der Waals surface area contributed by atoms with Crippen LogP contribution in [0.15, 0.2) is 83.3 Å². The number of oxazole rings is 1. The number of carbonyl (C=O) groups excluding carboxylic acids is 1. The lowest BCUT2D eigenvalue weighted by atomic mass is 9.99. The summed E-state index contributed by atoms with van der Waals surface area (Å²) in [5, 5.41) is 0. The highest BCUT2D eigenvalue weighted by Gasteiger charge is 2.43. The van der Waals surface area contributed by atoms with Crippen LogP contribution in [0.4, 0.5) is 6.01 Å². The number of hydrogen-bond acceptors (Lipinski definition) is 4. The summed E-state index contributed by atoms with van der Waals surface area (Å²) in [6, 6.07) is 26.6. The normalized spacial score (nSPS) is 20.4. The van der Waals surface area contributed by atoms with Crippen LogP contribution in [0.3, 0.4) is 0 Å². The lowest BCUT2D eigenvalue weighted by Crippen LogP contribution is -2.33. The molecule has 5 heteroatoms. The van der Waals surface area contributed by atoms with E-state index in [2.05, 4.69) is 22.0 Å². The van der Waals surface area contributed by atoms with Crippen molar-refractivity contribution >= 4 is 23.0 Å². The van der Waals surface area contributed by atoms with Crippen molar-refractivity contribution in [2.45, 2.75) is 0 Å². The molecule has 2 aliphatic heterocycles. The average Bonchev–Trinajstić information content (AvgIpc) is 3.52. The molecule has 0 N–H and O–H groups in total. The molecule has 31 heavy (non-hydrogen) atoms. The first kappa shape index (κ1) is 18.2. The number of aromatic nitrogens is 1. The molecule has 0 radical (unpaired) electrons. The van der Waals surface area contributed by atoms with Gasteiger partial charge in [-0.3, -0.25) is 4.79 Å². The first-order valence-electron chi connectivity index (χ1n) is 10.8. The van der Waals surface area contributed by atoms with E-state index in [4.69, 9.17) is 4.42 Å². The second-order valence-electron chi connectivity index (χ2n) is 8.51. The molecule has 2 unspecified atom stereocenters. The number of rotatable bonds is 3. The Morgan fingerprint density at radius 1 is 0.806 bits per heavy atom. The van der Waals surface area contributed by atoms with Gasteiger partial charge in [0.25, 0.3) is 11.9 Å². The molecule has 0 bridgehead atoms. The third kappa shape index (κ3) is 3.17. The molecular formula is C26H23N3O2. The van der Waals surface area contributed by atoms with Crippen molar-refractivity contribution in [1.82, 2.24) is 9.88 Å². The van der Waals surface area contributed by atoms with Crippen molar-refractivity contribution in [3.05, 3.63) is 84.4 Å². The van der Waals surface area contributed by atoms with E-state index in [-0.39, 0.29) is 5.91 Å². The van der Waals surface area contributed by atoms with E-state index < -0.39 is 0 Å². The Hall–Kier alpha value is -3.60. The number of fused-ring (bicyclic) bond motifs is 2. The molecule has 154 valence electrons. The van der Waals surface area contributed by atoms with Crippen molar-refractivity contribution in [2.24, 2.45) is 11.8 Å². The molecule has 2 atom stereocenters. The van der Waals surface area contributed by atoms with Gasteiger partial charge in [-0.2, -0.15) is 4.98 Å². The van der Waals surface area contributed by atoms with Crippen LogP contribution in [0, 0.1) is 11.8 Å². The summed E-state index contributed by atoms with van der Waals surface area (Å²) < 4.78 is 5.96. The number of carbonyl (C=O) groups is 1. The molecule has 3 heterocycles. The summed E-state index contributed by atoms with van der Waals surface area (Å²) in [6.07, 6.45) is 0. The number of para-hydroxylation sites is 2. The van der Waals surface area contributed by atoms with E-state index in [9.17, 15) is 4.79 Å². The van der Waals surface area contributed by atoms with Gasteiger partial charge in [-0.1, -0.05) is 60.7 Å². The van der Waals surface area contributed by atoms with E-state index in [1.165, 1.54) is 0 Å². The van der Waals surface area contributed by atoms with E-state index in [1.807, 2.05) is 71.6 Å². The van der Waals surface area contributed by atoms with E-state index in [1.54, 1.807) is 0 Å². The number of nitrogens with zero attached hydrogens (tertiary/aromatic N) is 3. The number of likely N-dealkylation sites (tertiary alicyclic amines) is 1. The smallest absolute Gasteiger partial charge is 0.298 e. The van der Waals surface area contributed by atoms with Crippen LogP contribution in [-0.4, -0.2) is 42.0 Å². The largest absolute Gasteiger partial charge is 0.423 e. The van der Waals surface area contributed by atoms with Crippen LogP contribution in [-0.2, 0) is 0 Å². The Balaban J connectivity index is 1.19. The van der Waals surface area contributed by atoms with Gasteiger partial charge in [0.1, 0.15) is 5.52 Å². The summed E-state index contributed by atoms with van der Waals surface area (Å²) >= 11 is 0. The van der Waals surface area contributed by atoms with Crippen LogP contribution in [0.5, 0.6) is 0 Å². The molecule has 0 spiro atoms. The zero-order valence-corrected chi connectivity index (χ0v) is 17.1. The first-order chi connectivity index (χ1) is 15.3. The van der Waals surface area contributed by atoms with Crippen molar-refractivity contribution in [1.29, 1.82) is 0 Å². The minimum atomic E-state index is 0.127. The highest BCUT2D eigenvalue weighted by Crippen LogP contribution is 2.36. The fraction of sp³-hybridized carbons (Fsp3) is 0.231. The third-order valence-corrected chi connectivity index (χ3v) is 6.57. The van der Waals surface area contributed by atoms with Gasteiger partial charge in [-0.05, 0) is 29.3 Å². The zero-order valence-electron chi connectivity index (χ0n) is 17.1. The van der Waals surface area contributed by atoms with Gasteiger partial charge in [0.15, 0.2) is 5.58 Å². The van der Waals surface area contributed by atoms with Gasteiger partial charge < -0.3 is 14.2 Å². The highest BCUT2D eigenvalue weighted by atomic mass is 16.4. The molecule has 1 amide bonds. The number of hydrogen-bond donors (Lipinski definition) is 0. The van der Waals surface area contributed by atoms with Crippen molar-refractivity contribution in [2.75, 3.05) is 31.1 Å². The molecule has 3 aromatic carbocycles. The van der Waals surface area contributed by atoms with Crippen LogP contribution in [0.2, 0.25) is 0 Å². The summed E-state index contributed by atoms with van der Waals surface area (Å²) in [5.41, 5.74) is 4.57. The minimum Gasteiger partial charge on any atom is -0.423 e. The van der Waals surface area contributed by atoms with Gasteiger partial charge in [0.2, 0.25) is 0 Å². The van der Waals surface area contributed by atoms with Gasteiger partial charge in [-0.15, -0.1) is 0 Å². The van der Waals surface area contributed by atoms with Crippen molar-refractivity contribution in [3.8, 4) is 11.1 Å². The summed E-state index contributed by atoms with van der Waals surface area (Å²) in [7, 11) is 0. The van der Waals surface area contributed by atoms with Crippen molar-refractivity contribution < 1.29 is 9.21 Å². The standard InChI is InChI=1S/C26H23N3O2/c30-25(22-11-5-4-10-21(22)18-8-2-1-3-9-18)28-14-19-16-29(17-20(19)15-28)26-27-23-12-6-7-13-24(23)31-26/h1-13,19-20H,14-17H2. The molecule has 4 aromatic rings. The van der Waals surface area contributed by atoms with Crippen LogP contribution in [0.1, 0.15) is 10.4 Å². The van der Waals surface area contributed by atoms with E-state index >= 15 is 0 Å². The monoisotopic (exact) mass is 409 g/mol. The molecule has 1 aromatic heterocycles. The Morgan fingerprint density at radius 2 is 1.48 bits per heavy atom. The number of amides is 1. The molecule has 6 rings (SSSR count). The molecule has 2 saturated heterocycles. The Kier molecular flexibility index (Phi) is 4.27. The molecule has 0 saturated carbocycles. The Labute approximate surface area is 180 Å². The lowest BCUT2D eigenvalue weighted by molar-refractivity contribution is 0.0783. The van der Waals surface area contributed by atoms with Gasteiger partial charge in [-0.25, -0.2) is 0 Å². The first-order valence-corrected chi connectivity index (χ1v) is 10.8. The maximum Gasteiger partial charge on any atom is 0.298 e. The summed E-state index contributed by atoms with van der Waals surface area (Å²) in [6.45, 7) is 3.32. The van der Waals surface area contributed by atoms with Gasteiger partial charge in [0.05, 0.1) is 0 Å². The topological polar surface area (TPSA) is 49.6 Å². The predicted octanol–water partition coefficient (Wildman–Crippen LogP) is 4.70. The van der Waals surface area contributed by atoms with Gasteiger partial charge in [0, 0.05) is 43.6 Å². The predicted molar refractivity (Wildman–Crippen MR) is 121 cm³/mol. The second-order valence-corrected chi connectivity index (χ2v) is 8.51. The van der Waals surface area contributed by atoms with E-state index in [0.717, 1.165) is 54.0 Å². The summed E-state index contributed by atoms with van der Waals surface area (Å²) in [5.74, 6) is 1.02. The average molecular weight is 409 g/mol. The lowest BCUT2D eigenvalue weighted by Gasteiger charge is -2.22. The van der Waals surface area contributed by atoms with Crippen molar-refractivity contribution in [3.63, 3.8) is 0 Å². The van der Waals surface area contributed by atoms with Gasteiger partial charge >= 0.3 is 0 Å². The number of benzene rings is 3.